The van der Waals surface area contributed by atoms with Gasteiger partial charge in [0.1, 0.15) is 5.82 Å². The molecule has 2 aromatic rings. The van der Waals surface area contributed by atoms with Gasteiger partial charge in [0, 0.05) is 11.3 Å². The monoisotopic (exact) mass is 430 g/mol. The lowest BCUT2D eigenvalue weighted by Crippen LogP contribution is -2.25. The maximum Gasteiger partial charge on any atom is 0.419 e. The summed E-state index contributed by atoms with van der Waals surface area (Å²) in [6.07, 6.45) is 1.01. The van der Waals surface area contributed by atoms with Crippen LogP contribution in [0.2, 0.25) is 0 Å². The van der Waals surface area contributed by atoms with Crippen molar-refractivity contribution in [3.63, 3.8) is 0 Å². The second-order valence-electron chi connectivity index (χ2n) is 7.46. The molecule has 0 saturated heterocycles. The van der Waals surface area contributed by atoms with Crippen molar-refractivity contribution in [1.29, 1.82) is 0 Å². The summed E-state index contributed by atoms with van der Waals surface area (Å²) in [6, 6.07) is 2.70. The van der Waals surface area contributed by atoms with Crippen LogP contribution in [0.5, 0.6) is 5.88 Å². The number of rotatable bonds is 4. The highest BCUT2D eigenvalue weighted by molar-refractivity contribution is 7.86. The summed E-state index contributed by atoms with van der Waals surface area (Å²) in [6.45, 7) is 0. The Bertz CT molecular complexity index is 1060. The standard InChI is InChI=1S/C19H18F4N2O3S/c1-29(26,27)28-18-17-11-4-2-10(3-5-11)16(17)15(9-24-18)25-12-6-7-14(20)13(8-12)19(21,22)23/h6-11,25H,2-5H2,1H3. The molecule has 3 aliphatic rings. The first-order valence-electron chi connectivity index (χ1n) is 9.09. The van der Waals surface area contributed by atoms with Crippen LogP contribution in [0.25, 0.3) is 0 Å². The van der Waals surface area contributed by atoms with Crippen LogP contribution in [-0.2, 0) is 16.3 Å². The van der Waals surface area contributed by atoms with Crippen molar-refractivity contribution in [3.05, 3.63) is 46.9 Å². The highest BCUT2D eigenvalue weighted by atomic mass is 32.2. The molecule has 5 rings (SSSR count). The summed E-state index contributed by atoms with van der Waals surface area (Å²) < 4.78 is 80.9. The first-order valence-corrected chi connectivity index (χ1v) is 10.9. The summed E-state index contributed by atoms with van der Waals surface area (Å²) in [5.41, 5.74) is 0.707. The molecule has 10 heteroatoms. The van der Waals surface area contributed by atoms with Crippen molar-refractivity contribution in [2.24, 2.45) is 0 Å². The Morgan fingerprint density at radius 2 is 1.72 bits per heavy atom. The number of hydrogen-bond acceptors (Lipinski definition) is 5. The van der Waals surface area contributed by atoms with Gasteiger partial charge in [0.05, 0.1) is 23.7 Å². The van der Waals surface area contributed by atoms with E-state index in [4.69, 9.17) is 4.18 Å². The van der Waals surface area contributed by atoms with Gasteiger partial charge >= 0.3 is 16.3 Å². The van der Waals surface area contributed by atoms with Crippen molar-refractivity contribution < 1.29 is 30.2 Å². The number of halogens is 4. The Morgan fingerprint density at radius 3 is 2.31 bits per heavy atom. The lowest BCUT2D eigenvalue weighted by atomic mass is 9.67. The van der Waals surface area contributed by atoms with E-state index in [1.54, 1.807) is 0 Å². The molecule has 1 N–H and O–H groups in total. The van der Waals surface area contributed by atoms with Crippen molar-refractivity contribution in [2.45, 2.75) is 43.7 Å². The normalized spacial score (nSPS) is 21.0. The molecule has 0 amide bonds. The molecule has 0 spiro atoms. The fourth-order valence-electron chi connectivity index (χ4n) is 4.31. The molecule has 0 unspecified atom stereocenters. The van der Waals surface area contributed by atoms with Gasteiger partial charge in [-0.1, -0.05) is 0 Å². The Morgan fingerprint density at radius 1 is 1.10 bits per heavy atom. The minimum Gasteiger partial charge on any atom is -0.361 e. The van der Waals surface area contributed by atoms with E-state index in [1.807, 2.05) is 0 Å². The number of nitrogens with zero attached hydrogens (tertiary/aromatic N) is 1. The van der Waals surface area contributed by atoms with Crippen LogP contribution in [0, 0.1) is 5.82 Å². The zero-order chi connectivity index (χ0) is 21.0. The third kappa shape index (κ3) is 3.90. The van der Waals surface area contributed by atoms with Crippen LogP contribution in [0.3, 0.4) is 0 Å². The zero-order valence-electron chi connectivity index (χ0n) is 15.4. The van der Waals surface area contributed by atoms with Gasteiger partial charge in [-0.2, -0.15) is 21.6 Å². The number of anilines is 2. The lowest BCUT2D eigenvalue weighted by molar-refractivity contribution is -0.139. The van der Waals surface area contributed by atoms with Crippen LogP contribution in [0.4, 0.5) is 28.9 Å². The summed E-state index contributed by atoms with van der Waals surface area (Å²) in [7, 11) is -3.78. The topological polar surface area (TPSA) is 68.3 Å². The van der Waals surface area contributed by atoms with E-state index in [9.17, 15) is 26.0 Å². The minimum absolute atomic E-state index is 0.0255. The molecular weight excluding hydrogens is 412 g/mol. The largest absolute Gasteiger partial charge is 0.419 e. The average molecular weight is 430 g/mol. The Balaban J connectivity index is 1.78. The average Bonchev–Trinajstić information content (AvgIpc) is 2.64. The van der Waals surface area contributed by atoms with Gasteiger partial charge in [-0.25, -0.2) is 9.37 Å². The van der Waals surface area contributed by atoms with E-state index in [2.05, 4.69) is 10.3 Å². The predicted molar refractivity (Wildman–Crippen MR) is 98.3 cm³/mol. The third-order valence-corrected chi connectivity index (χ3v) is 5.91. The van der Waals surface area contributed by atoms with Gasteiger partial charge in [0.15, 0.2) is 0 Å². The number of pyridine rings is 1. The molecular formula is C19H18F4N2O3S. The summed E-state index contributed by atoms with van der Waals surface area (Å²) >= 11 is 0. The second kappa shape index (κ2) is 6.86. The Kier molecular flexibility index (Phi) is 4.71. The molecule has 5 nitrogen and oxygen atoms in total. The van der Waals surface area contributed by atoms with Crippen LogP contribution >= 0.6 is 0 Å². The maximum atomic E-state index is 13.6. The zero-order valence-corrected chi connectivity index (χ0v) is 16.2. The number of benzene rings is 1. The number of fused-ring (bicyclic) bond motifs is 2. The number of alkyl halides is 3. The fourth-order valence-corrected chi connectivity index (χ4v) is 4.73. The van der Waals surface area contributed by atoms with E-state index in [-0.39, 0.29) is 23.4 Å². The lowest BCUT2D eigenvalue weighted by Gasteiger charge is -2.39. The van der Waals surface area contributed by atoms with Gasteiger partial charge in [-0.05, 0) is 61.3 Å². The Labute approximate surface area is 165 Å². The van der Waals surface area contributed by atoms with Gasteiger partial charge in [0.25, 0.3) is 0 Å². The SMILES string of the molecule is CS(=O)(=O)Oc1ncc(Nc2ccc(F)c(C(F)(F)F)c2)c2c1C1CCC2CC1. The molecule has 3 aliphatic carbocycles. The third-order valence-electron chi connectivity index (χ3n) is 5.45. The first kappa shape index (κ1) is 19.9. The second-order valence-corrected chi connectivity index (χ2v) is 9.03. The molecule has 2 bridgehead atoms. The first-order chi connectivity index (χ1) is 13.5. The number of nitrogens with one attached hydrogen (secondary N) is 1. The molecule has 156 valence electrons. The maximum absolute atomic E-state index is 13.6. The van der Waals surface area contributed by atoms with E-state index in [1.165, 1.54) is 12.3 Å². The quantitative estimate of drug-likeness (QED) is 0.542. The molecule has 0 atom stereocenters. The van der Waals surface area contributed by atoms with E-state index < -0.39 is 27.7 Å². The van der Waals surface area contributed by atoms with Crippen LogP contribution in [0.1, 0.15) is 54.2 Å². The van der Waals surface area contributed by atoms with Gasteiger partial charge in [-0.15, -0.1) is 0 Å². The number of aromatic nitrogens is 1. The van der Waals surface area contributed by atoms with E-state index in [0.29, 0.717) is 17.3 Å². The molecule has 1 aromatic heterocycles. The van der Waals surface area contributed by atoms with Crippen molar-refractivity contribution >= 4 is 21.5 Å². The molecule has 1 saturated carbocycles. The van der Waals surface area contributed by atoms with E-state index in [0.717, 1.165) is 43.6 Å². The van der Waals surface area contributed by atoms with Gasteiger partial charge < -0.3 is 9.50 Å². The Hall–Kier alpha value is -2.36. The van der Waals surface area contributed by atoms with Crippen LogP contribution in [-0.4, -0.2) is 19.7 Å². The van der Waals surface area contributed by atoms with Crippen LogP contribution < -0.4 is 9.50 Å². The minimum atomic E-state index is -4.81. The van der Waals surface area contributed by atoms with E-state index >= 15 is 0 Å². The number of hydrogen-bond donors (Lipinski definition) is 1. The fraction of sp³-hybridized carbons (Fsp3) is 0.421. The summed E-state index contributed by atoms with van der Waals surface area (Å²) in [4.78, 5) is 4.12. The molecule has 0 aliphatic heterocycles. The smallest absolute Gasteiger partial charge is 0.361 e. The predicted octanol–water partition coefficient (Wildman–Crippen LogP) is 5.08. The molecule has 29 heavy (non-hydrogen) atoms. The van der Waals surface area contributed by atoms with Crippen LogP contribution in [0.15, 0.2) is 24.4 Å². The summed E-state index contributed by atoms with van der Waals surface area (Å²) in [5, 5.41) is 2.91. The molecule has 1 fully saturated rings. The molecule has 1 aromatic carbocycles. The van der Waals surface area contributed by atoms with Crippen molar-refractivity contribution in [1.82, 2.24) is 4.98 Å². The van der Waals surface area contributed by atoms with Crippen molar-refractivity contribution in [3.8, 4) is 5.88 Å². The van der Waals surface area contributed by atoms with Crippen molar-refractivity contribution in [2.75, 3.05) is 11.6 Å². The summed E-state index contributed by atoms with van der Waals surface area (Å²) in [5.74, 6) is -1.11. The highest BCUT2D eigenvalue weighted by Gasteiger charge is 2.39. The van der Waals surface area contributed by atoms with Gasteiger partial charge in [0.2, 0.25) is 5.88 Å². The highest BCUT2D eigenvalue weighted by Crippen LogP contribution is 2.54. The van der Waals surface area contributed by atoms with Gasteiger partial charge in [-0.3, -0.25) is 0 Å². The molecule has 1 heterocycles. The molecule has 0 radical (unpaired) electrons.